The minimum absolute atomic E-state index is 0.227. The van der Waals surface area contributed by atoms with Crippen molar-refractivity contribution in [2.24, 2.45) is 0 Å². The molecule has 0 atom stereocenters. The van der Waals surface area contributed by atoms with Gasteiger partial charge in [0, 0.05) is 36.6 Å². The number of fused-ring (bicyclic) bond motifs is 1. The summed E-state index contributed by atoms with van der Waals surface area (Å²) in [5, 5.41) is 7.05. The first-order valence-corrected chi connectivity index (χ1v) is 8.90. The van der Waals surface area contributed by atoms with Gasteiger partial charge in [-0.1, -0.05) is 0 Å². The average Bonchev–Trinajstić information content (AvgIpc) is 3.16. The molecule has 0 fully saturated rings. The molecule has 0 radical (unpaired) electrons. The molecule has 2 aromatic heterocycles. The van der Waals surface area contributed by atoms with Crippen LogP contribution in [0.4, 0.5) is 8.78 Å². The number of amides is 1. The number of hydrogen-bond acceptors (Lipinski definition) is 3. The van der Waals surface area contributed by atoms with Crippen LogP contribution in [0.1, 0.15) is 10.4 Å². The minimum Gasteiger partial charge on any atom is -0.350 e. The predicted octanol–water partition coefficient (Wildman–Crippen LogP) is 2.87. The van der Waals surface area contributed by atoms with Crippen LogP contribution in [0.3, 0.4) is 0 Å². The van der Waals surface area contributed by atoms with Crippen LogP contribution in [0.15, 0.2) is 71.8 Å². The van der Waals surface area contributed by atoms with Crippen molar-refractivity contribution in [3.63, 3.8) is 0 Å². The van der Waals surface area contributed by atoms with E-state index in [1.165, 1.54) is 45.5 Å². The van der Waals surface area contributed by atoms with Crippen molar-refractivity contribution in [2.75, 3.05) is 6.54 Å². The lowest BCUT2D eigenvalue weighted by Crippen LogP contribution is -2.31. The Hall–Kier alpha value is -3.81. The highest BCUT2D eigenvalue weighted by molar-refractivity contribution is 5.94. The van der Waals surface area contributed by atoms with Gasteiger partial charge in [-0.2, -0.15) is 5.10 Å². The van der Waals surface area contributed by atoms with Gasteiger partial charge in [-0.15, -0.1) is 0 Å². The Balaban J connectivity index is 1.49. The molecule has 29 heavy (non-hydrogen) atoms. The monoisotopic (exact) mass is 394 g/mol. The van der Waals surface area contributed by atoms with Crippen molar-refractivity contribution < 1.29 is 13.6 Å². The first-order chi connectivity index (χ1) is 14.0. The van der Waals surface area contributed by atoms with Gasteiger partial charge in [0.2, 0.25) is 0 Å². The van der Waals surface area contributed by atoms with Crippen molar-refractivity contribution in [3.8, 4) is 11.3 Å². The van der Waals surface area contributed by atoms with Gasteiger partial charge in [0.05, 0.1) is 5.69 Å². The number of aromatic nitrogens is 3. The maximum atomic E-state index is 13.1. The third-order valence-electron chi connectivity index (χ3n) is 4.49. The van der Waals surface area contributed by atoms with Crippen LogP contribution in [0.2, 0.25) is 0 Å². The highest BCUT2D eigenvalue weighted by Crippen LogP contribution is 2.18. The summed E-state index contributed by atoms with van der Waals surface area (Å²) in [5.41, 5.74) is 1.71. The zero-order valence-electron chi connectivity index (χ0n) is 15.2. The second-order valence-electron chi connectivity index (χ2n) is 6.43. The van der Waals surface area contributed by atoms with Gasteiger partial charge in [0.1, 0.15) is 17.2 Å². The van der Waals surface area contributed by atoms with Crippen molar-refractivity contribution in [1.29, 1.82) is 0 Å². The highest BCUT2D eigenvalue weighted by atomic mass is 19.1. The number of nitrogens with zero attached hydrogens (tertiary/aromatic N) is 3. The van der Waals surface area contributed by atoms with Crippen LogP contribution < -0.4 is 10.9 Å². The molecule has 0 saturated carbocycles. The molecule has 0 aliphatic carbocycles. The molecule has 0 aliphatic heterocycles. The maximum absolute atomic E-state index is 13.1. The van der Waals surface area contributed by atoms with Crippen LogP contribution in [-0.2, 0) is 6.54 Å². The van der Waals surface area contributed by atoms with Gasteiger partial charge < -0.3 is 9.88 Å². The topological polar surface area (TPSA) is 68.4 Å². The zero-order valence-corrected chi connectivity index (χ0v) is 15.2. The molecule has 0 aliphatic rings. The SMILES string of the molecule is O=C(NCCn1ccn2nc(-c3ccc(F)cc3)cc2c1=O)c1ccc(F)cc1. The van der Waals surface area contributed by atoms with Crippen LogP contribution in [-0.4, -0.2) is 26.6 Å². The molecule has 0 bridgehead atoms. The second-order valence-corrected chi connectivity index (χ2v) is 6.43. The van der Waals surface area contributed by atoms with E-state index < -0.39 is 5.82 Å². The smallest absolute Gasteiger partial charge is 0.276 e. The Morgan fingerprint density at radius 1 is 0.966 bits per heavy atom. The summed E-state index contributed by atoms with van der Waals surface area (Å²) in [5.74, 6) is -1.10. The molecule has 0 spiro atoms. The molecule has 0 unspecified atom stereocenters. The molecule has 0 saturated heterocycles. The lowest BCUT2D eigenvalue weighted by atomic mass is 10.1. The van der Waals surface area contributed by atoms with Gasteiger partial charge in [0.25, 0.3) is 11.5 Å². The molecular formula is C21H16F2N4O2. The molecule has 2 heterocycles. The third kappa shape index (κ3) is 3.91. The van der Waals surface area contributed by atoms with Crippen LogP contribution in [0.5, 0.6) is 0 Å². The van der Waals surface area contributed by atoms with E-state index in [4.69, 9.17) is 0 Å². The van der Waals surface area contributed by atoms with Gasteiger partial charge in [-0.25, -0.2) is 13.3 Å². The van der Waals surface area contributed by atoms with E-state index in [0.717, 1.165) is 0 Å². The van der Waals surface area contributed by atoms with Crippen LogP contribution >= 0.6 is 0 Å². The molecule has 6 nitrogen and oxygen atoms in total. The summed E-state index contributed by atoms with van der Waals surface area (Å²) in [4.78, 5) is 24.8. The molecule has 4 rings (SSSR count). The normalized spacial score (nSPS) is 11.0. The lowest BCUT2D eigenvalue weighted by Gasteiger charge is -2.08. The molecule has 146 valence electrons. The summed E-state index contributed by atoms with van der Waals surface area (Å²) in [6.07, 6.45) is 3.23. The van der Waals surface area contributed by atoms with E-state index in [2.05, 4.69) is 10.4 Å². The Bertz CT molecular complexity index is 1230. The fourth-order valence-corrected chi connectivity index (χ4v) is 2.96. The fourth-order valence-electron chi connectivity index (χ4n) is 2.96. The molecule has 4 aromatic rings. The van der Waals surface area contributed by atoms with Crippen molar-refractivity contribution in [3.05, 3.63) is 94.5 Å². The van der Waals surface area contributed by atoms with Crippen molar-refractivity contribution in [2.45, 2.75) is 6.54 Å². The Morgan fingerprint density at radius 2 is 1.62 bits per heavy atom. The number of hydrogen-bond donors (Lipinski definition) is 1. The second kappa shape index (κ2) is 7.67. The number of carbonyl (C=O) groups excluding carboxylic acids is 1. The number of nitrogens with one attached hydrogen (secondary N) is 1. The maximum Gasteiger partial charge on any atom is 0.276 e. The Labute approximate surface area is 164 Å². The lowest BCUT2D eigenvalue weighted by molar-refractivity contribution is 0.0952. The van der Waals surface area contributed by atoms with Crippen LogP contribution in [0, 0.1) is 11.6 Å². The van der Waals surface area contributed by atoms with Gasteiger partial charge in [-0.3, -0.25) is 9.59 Å². The average molecular weight is 394 g/mol. The number of rotatable bonds is 5. The molecular weight excluding hydrogens is 378 g/mol. The van der Waals surface area contributed by atoms with Crippen molar-refractivity contribution in [1.82, 2.24) is 19.5 Å². The molecule has 2 aromatic carbocycles. The Kier molecular flexibility index (Phi) is 4.90. The van der Waals surface area contributed by atoms with Crippen molar-refractivity contribution >= 4 is 11.4 Å². The standard InChI is InChI=1S/C21H16F2N4O2/c22-16-5-1-14(2-6-16)18-13-19-21(29)26(11-12-27(19)25-18)10-9-24-20(28)15-3-7-17(23)8-4-15/h1-8,11-13H,9-10H2,(H,24,28). The molecule has 1 amide bonds. The first-order valence-electron chi connectivity index (χ1n) is 8.90. The Morgan fingerprint density at radius 3 is 2.31 bits per heavy atom. The van der Waals surface area contributed by atoms with Gasteiger partial charge in [-0.05, 0) is 54.6 Å². The fraction of sp³-hybridized carbons (Fsp3) is 0.0952. The highest BCUT2D eigenvalue weighted by Gasteiger charge is 2.10. The van der Waals surface area contributed by atoms with Gasteiger partial charge in [0.15, 0.2) is 0 Å². The summed E-state index contributed by atoms with van der Waals surface area (Å²) >= 11 is 0. The summed E-state index contributed by atoms with van der Waals surface area (Å²) in [6, 6.07) is 12.7. The van der Waals surface area contributed by atoms with E-state index in [1.807, 2.05) is 0 Å². The number of carbonyl (C=O) groups is 1. The summed E-state index contributed by atoms with van der Waals surface area (Å²) < 4.78 is 29.0. The quantitative estimate of drug-likeness (QED) is 0.566. The summed E-state index contributed by atoms with van der Waals surface area (Å²) in [7, 11) is 0. The van der Waals surface area contributed by atoms with E-state index in [1.54, 1.807) is 30.6 Å². The van der Waals surface area contributed by atoms with E-state index in [0.29, 0.717) is 22.3 Å². The minimum atomic E-state index is -0.415. The third-order valence-corrected chi connectivity index (χ3v) is 4.49. The number of halogens is 2. The number of benzene rings is 2. The first kappa shape index (κ1) is 18.5. The van der Waals surface area contributed by atoms with E-state index in [-0.39, 0.29) is 30.4 Å². The molecule has 8 heteroatoms. The van der Waals surface area contributed by atoms with Crippen LogP contribution in [0.25, 0.3) is 16.8 Å². The molecule has 1 N–H and O–H groups in total. The van der Waals surface area contributed by atoms with E-state index in [9.17, 15) is 18.4 Å². The predicted molar refractivity (Wildman–Crippen MR) is 104 cm³/mol. The van der Waals surface area contributed by atoms with Gasteiger partial charge >= 0.3 is 0 Å². The largest absolute Gasteiger partial charge is 0.350 e. The zero-order chi connectivity index (χ0) is 20.4. The van der Waals surface area contributed by atoms with E-state index >= 15 is 0 Å². The summed E-state index contributed by atoms with van der Waals surface area (Å²) in [6.45, 7) is 0.491.